The van der Waals surface area contributed by atoms with Crippen molar-refractivity contribution in [3.05, 3.63) is 0 Å². The van der Waals surface area contributed by atoms with E-state index in [0.29, 0.717) is 0 Å². The SMILES string of the molecule is C[C@@H]1OC(OC(=N)C(Cl)(Cl)Cl)[C@H](O)[C@H](O)[C@H]1O. The summed E-state index contributed by atoms with van der Waals surface area (Å²) in [6.07, 6.45) is -6.44. The van der Waals surface area contributed by atoms with Crippen molar-refractivity contribution in [3.63, 3.8) is 0 Å². The summed E-state index contributed by atoms with van der Waals surface area (Å²) in [6, 6.07) is 0. The van der Waals surface area contributed by atoms with Gasteiger partial charge in [0, 0.05) is 0 Å². The van der Waals surface area contributed by atoms with Crippen LogP contribution in [0.4, 0.5) is 0 Å². The first-order valence-corrected chi connectivity index (χ1v) is 5.80. The Morgan fingerprint density at radius 3 is 2.18 bits per heavy atom. The van der Waals surface area contributed by atoms with Crippen LogP contribution in [0.3, 0.4) is 0 Å². The maximum absolute atomic E-state index is 9.55. The third-order valence-corrected chi connectivity index (χ3v) is 2.81. The number of ether oxygens (including phenoxy) is 2. The molecule has 0 amide bonds. The van der Waals surface area contributed by atoms with Gasteiger partial charge < -0.3 is 24.8 Å². The summed E-state index contributed by atoms with van der Waals surface area (Å²) in [6.45, 7) is 1.47. The summed E-state index contributed by atoms with van der Waals surface area (Å²) < 4.78 is 7.76. The van der Waals surface area contributed by atoms with Crippen LogP contribution in [0.1, 0.15) is 6.92 Å². The molecule has 0 radical (unpaired) electrons. The molecule has 1 fully saturated rings. The zero-order valence-corrected chi connectivity index (χ0v) is 10.9. The average Bonchev–Trinajstić information content (AvgIpc) is 2.21. The molecule has 1 aliphatic heterocycles. The van der Waals surface area contributed by atoms with Gasteiger partial charge in [-0.1, -0.05) is 34.8 Å². The third kappa shape index (κ3) is 3.57. The van der Waals surface area contributed by atoms with E-state index in [1.165, 1.54) is 6.92 Å². The Morgan fingerprint density at radius 2 is 1.71 bits per heavy atom. The van der Waals surface area contributed by atoms with Crippen molar-refractivity contribution < 1.29 is 24.8 Å². The molecular formula is C8H12Cl3NO5. The molecule has 1 rings (SSSR count). The maximum atomic E-state index is 9.55. The summed E-state index contributed by atoms with van der Waals surface area (Å²) in [5, 5.41) is 35.7. The summed E-state index contributed by atoms with van der Waals surface area (Å²) in [5.41, 5.74) is 0. The Labute approximate surface area is 112 Å². The van der Waals surface area contributed by atoms with Gasteiger partial charge in [0.15, 0.2) is 0 Å². The number of nitrogens with one attached hydrogen (secondary N) is 1. The van der Waals surface area contributed by atoms with Crippen molar-refractivity contribution in [2.45, 2.75) is 41.4 Å². The third-order valence-electron chi connectivity index (χ3n) is 2.30. The van der Waals surface area contributed by atoms with Gasteiger partial charge in [-0.3, -0.25) is 5.41 Å². The van der Waals surface area contributed by atoms with Gasteiger partial charge in [-0.2, -0.15) is 0 Å². The number of rotatable bonds is 1. The van der Waals surface area contributed by atoms with Crippen LogP contribution in [0, 0.1) is 5.41 Å². The molecular weight excluding hydrogens is 296 g/mol. The van der Waals surface area contributed by atoms with E-state index in [-0.39, 0.29) is 0 Å². The van der Waals surface area contributed by atoms with E-state index in [2.05, 4.69) is 0 Å². The van der Waals surface area contributed by atoms with Crippen LogP contribution < -0.4 is 0 Å². The molecule has 0 aromatic heterocycles. The molecule has 0 spiro atoms. The lowest BCUT2D eigenvalue weighted by molar-refractivity contribution is -0.272. The van der Waals surface area contributed by atoms with Crippen LogP contribution in [0.5, 0.6) is 0 Å². The quantitative estimate of drug-likeness (QED) is 0.314. The molecule has 1 heterocycles. The van der Waals surface area contributed by atoms with Crippen LogP contribution in [-0.2, 0) is 9.47 Å². The molecule has 6 nitrogen and oxygen atoms in total. The number of alkyl halides is 3. The second-order valence-electron chi connectivity index (χ2n) is 3.63. The van der Waals surface area contributed by atoms with Crippen molar-refractivity contribution in [3.8, 4) is 0 Å². The Kier molecular flexibility index (Phi) is 4.88. The standard InChI is InChI=1S/C8H12Cl3NO5/c1-2-3(13)4(14)5(15)6(16-2)17-7(12)8(9,10)11/h2-6,12-15H,1H3/t2-,3-,4+,5+,6?/m0/s1. The van der Waals surface area contributed by atoms with Crippen molar-refractivity contribution in [1.29, 1.82) is 5.41 Å². The lowest BCUT2D eigenvalue weighted by atomic mass is 10.0. The molecule has 17 heavy (non-hydrogen) atoms. The summed E-state index contributed by atoms with van der Waals surface area (Å²) in [5.74, 6) is -0.748. The Bertz CT molecular complexity index is 297. The fraction of sp³-hybridized carbons (Fsp3) is 0.875. The van der Waals surface area contributed by atoms with Gasteiger partial charge in [0.25, 0.3) is 3.79 Å². The zero-order chi connectivity index (χ0) is 13.4. The van der Waals surface area contributed by atoms with Crippen molar-refractivity contribution >= 4 is 40.7 Å². The number of hydrogen-bond acceptors (Lipinski definition) is 6. The van der Waals surface area contributed by atoms with Gasteiger partial charge >= 0.3 is 0 Å². The van der Waals surface area contributed by atoms with Crippen LogP contribution in [0.2, 0.25) is 0 Å². The fourth-order valence-corrected chi connectivity index (χ4v) is 1.43. The Hall–Kier alpha value is 0.180. The molecule has 1 aliphatic rings. The van der Waals surface area contributed by atoms with E-state index in [4.69, 9.17) is 49.7 Å². The van der Waals surface area contributed by atoms with Gasteiger partial charge in [-0.15, -0.1) is 0 Å². The van der Waals surface area contributed by atoms with E-state index in [9.17, 15) is 15.3 Å². The summed E-state index contributed by atoms with van der Waals surface area (Å²) in [4.78, 5) is 0. The average molecular weight is 309 g/mol. The minimum Gasteiger partial charge on any atom is -0.445 e. The van der Waals surface area contributed by atoms with Gasteiger partial charge in [0.1, 0.15) is 18.3 Å². The van der Waals surface area contributed by atoms with Gasteiger partial charge in [0.2, 0.25) is 12.2 Å². The molecule has 5 atom stereocenters. The van der Waals surface area contributed by atoms with Crippen molar-refractivity contribution in [1.82, 2.24) is 0 Å². The highest BCUT2D eigenvalue weighted by atomic mass is 35.6. The molecule has 0 bridgehead atoms. The van der Waals surface area contributed by atoms with E-state index in [0.717, 1.165) is 0 Å². The number of hydrogen-bond donors (Lipinski definition) is 4. The van der Waals surface area contributed by atoms with E-state index in [1.807, 2.05) is 0 Å². The highest BCUT2D eigenvalue weighted by Crippen LogP contribution is 2.30. The Morgan fingerprint density at radius 1 is 1.18 bits per heavy atom. The summed E-state index contributed by atoms with van der Waals surface area (Å²) >= 11 is 16.2. The monoisotopic (exact) mass is 307 g/mol. The van der Waals surface area contributed by atoms with Crippen LogP contribution >= 0.6 is 34.8 Å². The second kappa shape index (κ2) is 5.44. The molecule has 0 aliphatic carbocycles. The normalized spacial score (nSPS) is 38.9. The van der Waals surface area contributed by atoms with Crippen molar-refractivity contribution in [2.75, 3.05) is 0 Å². The minimum absolute atomic E-state index is 0.748. The molecule has 1 saturated heterocycles. The lowest BCUT2D eigenvalue weighted by Crippen LogP contribution is -2.58. The number of halogens is 3. The molecule has 9 heteroatoms. The van der Waals surface area contributed by atoms with E-state index >= 15 is 0 Å². The smallest absolute Gasteiger partial charge is 0.265 e. The minimum atomic E-state index is -2.09. The van der Waals surface area contributed by atoms with E-state index < -0.39 is 40.4 Å². The predicted octanol–water partition coefficient (Wildman–Crippen LogP) is 0.178. The highest BCUT2D eigenvalue weighted by Gasteiger charge is 2.44. The van der Waals surface area contributed by atoms with Crippen LogP contribution in [0.25, 0.3) is 0 Å². The number of aliphatic hydroxyl groups is 3. The molecule has 0 aromatic carbocycles. The molecule has 1 unspecified atom stereocenters. The highest BCUT2D eigenvalue weighted by molar-refractivity contribution is 6.76. The zero-order valence-electron chi connectivity index (χ0n) is 8.68. The largest absolute Gasteiger partial charge is 0.445 e. The summed E-state index contributed by atoms with van der Waals surface area (Å²) in [7, 11) is 0. The predicted molar refractivity (Wildman–Crippen MR) is 61.5 cm³/mol. The van der Waals surface area contributed by atoms with Gasteiger partial charge in [0.05, 0.1) is 6.10 Å². The second-order valence-corrected chi connectivity index (χ2v) is 5.91. The first kappa shape index (κ1) is 15.2. The van der Waals surface area contributed by atoms with Gasteiger partial charge in [-0.25, -0.2) is 0 Å². The molecule has 4 N–H and O–H groups in total. The van der Waals surface area contributed by atoms with Gasteiger partial charge in [-0.05, 0) is 6.92 Å². The fourth-order valence-electron chi connectivity index (χ4n) is 1.29. The van der Waals surface area contributed by atoms with E-state index in [1.54, 1.807) is 0 Å². The molecule has 0 aromatic rings. The van der Waals surface area contributed by atoms with Crippen LogP contribution in [-0.4, -0.2) is 55.7 Å². The molecule has 100 valence electrons. The Balaban J connectivity index is 2.69. The first-order valence-electron chi connectivity index (χ1n) is 4.66. The number of aliphatic hydroxyl groups excluding tert-OH is 3. The topological polar surface area (TPSA) is 103 Å². The van der Waals surface area contributed by atoms with Crippen LogP contribution in [0.15, 0.2) is 0 Å². The maximum Gasteiger partial charge on any atom is 0.265 e. The molecule has 0 saturated carbocycles. The van der Waals surface area contributed by atoms with Crippen molar-refractivity contribution in [2.24, 2.45) is 0 Å². The lowest BCUT2D eigenvalue weighted by Gasteiger charge is -2.39. The first-order chi connectivity index (χ1) is 7.64.